The average Bonchev–Trinajstić information content (AvgIpc) is 2.37. The minimum atomic E-state index is -0.00444. The molecule has 19 heavy (non-hydrogen) atoms. The number of aromatic nitrogens is 1. The number of anilines is 1. The summed E-state index contributed by atoms with van der Waals surface area (Å²) in [6, 6.07) is 7.51. The summed E-state index contributed by atoms with van der Waals surface area (Å²) in [7, 11) is 1.61. The lowest BCUT2D eigenvalue weighted by Crippen LogP contribution is -2.14. The van der Waals surface area contributed by atoms with Gasteiger partial charge in [0, 0.05) is 24.1 Å². The van der Waals surface area contributed by atoms with Crippen molar-refractivity contribution in [3.05, 3.63) is 30.5 Å². The number of nitrogens with one attached hydrogen (secondary N) is 1. The first-order chi connectivity index (χ1) is 9.10. The van der Waals surface area contributed by atoms with Gasteiger partial charge in [-0.15, -0.1) is 0 Å². The molecule has 2 rings (SSSR count). The lowest BCUT2D eigenvalue weighted by atomic mass is 10.1. The van der Waals surface area contributed by atoms with Crippen molar-refractivity contribution >= 4 is 22.5 Å². The molecule has 4 nitrogen and oxygen atoms in total. The van der Waals surface area contributed by atoms with Crippen LogP contribution in [0.1, 0.15) is 20.3 Å². The lowest BCUT2D eigenvalue weighted by molar-refractivity contribution is -0.116. The van der Waals surface area contributed by atoms with E-state index in [1.54, 1.807) is 19.4 Å². The molecule has 0 saturated carbocycles. The molecule has 0 atom stereocenters. The van der Waals surface area contributed by atoms with Gasteiger partial charge in [-0.05, 0) is 18.1 Å². The van der Waals surface area contributed by atoms with Crippen LogP contribution in [0, 0.1) is 5.92 Å². The molecule has 1 aromatic heterocycles. The highest BCUT2D eigenvalue weighted by molar-refractivity contribution is 6.01. The van der Waals surface area contributed by atoms with Crippen molar-refractivity contribution in [1.82, 2.24) is 4.98 Å². The Hall–Kier alpha value is -2.10. The lowest BCUT2D eigenvalue weighted by Gasteiger charge is -2.11. The number of hydrogen-bond donors (Lipinski definition) is 1. The van der Waals surface area contributed by atoms with Crippen molar-refractivity contribution in [3.63, 3.8) is 0 Å². The number of methoxy groups -OCH3 is 1. The summed E-state index contributed by atoms with van der Waals surface area (Å²) in [5, 5.41) is 3.86. The summed E-state index contributed by atoms with van der Waals surface area (Å²) in [5.41, 5.74) is 1.47. The maximum Gasteiger partial charge on any atom is 0.224 e. The molecule has 1 N–H and O–H groups in total. The molecule has 2 aromatic rings. The normalized spacial score (nSPS) is 10.7. The number of carbonyl (C=O) groups excluding carboxylic acids is 1. The van der Waals surface area contributed by atoms with E-state index >= 15 is 0 Å². The summed E-state index contributed by atoms with van der Waals surface area (Å²) < 4.78 is 5.25. The van der Waals surface area contributed by atoms with E-state index in [0.717, 1.165) is 10.9 Å². The predicted octanol–water partition coefficient (Wildman–Crippen LogP) is 3.23. The molecule has 100 valence electrons. The van der Waals surface area contributed by atoms with Crippen molar-refractivity contribution in [3.8, 4) is 5.75 Å². The van der Waals surface area contributed by atoms with Gasteiger partial charge < -0.3 is 10.1 Å². The summed E-state index contributed by atoms with van der Waals surface area (Å²) >= 11 is 0. The molecule has 0 aliphatic heterocycles. The van der Waals surface area contributed by atoms with Crippen LogP contribution in [0.5, 0.6) is 5.75 Å². The van der Waals surface area contributed by atoms with Crippen molar-refractivity contribution in [2.45, 2.75) is 20.3 Å². The summed E-state index contributed by atoms with van der Waals surface area (Å²) in [6.45, 7) is 4.03. The maximum atomic E-state index is 11.9. The monoisotopic (exact) mass is 258 g/mol. The van der Waals surface area contributed by atoms with E-state index in [4.69, 9.17) is 4.74 Å². The Morgan fingerprint density at radius 2 is 2.21 bits per heavy atom. The van der Waals surface area contributed by atoms with E-state index in [1.165, 1.54) is 0 Å². The Balaban J connectivity index is 2.37. The predicted molar refractivity (Wildman–Crippen MR) is 76.4 cm³/mol. The van der Waals surface area contributed by atoms with Gasteiger partial charge in [0.2, 0.25) is 5.91 Å². The number of carbonyl (C=O) groups is 1. The molecule has 0 radical (unpaired) electrons. The van der Waals surface area contributed by atoms with E-state index in [2.05, 4.69) is 10.3 Å². The molecule has 4 heteroatoms. The van der Waals surface area contributed by atoms with E-state index in [-0.39, 0.29) is 5.91 Å². The largest absolute Gasteiger partial charge is 0.497 e. The SMILES string of the molecule is COc1cc(NC(=O)CC(C)C)c2ncccc2c1. The van der Waals surface area contributed by atoms with Crippen LogP contribution in [0.25, 0.3) is 10.9 Å². The van der Waals surface area contributed by atoms with Crippen LogP contribution >= 0.6 is 0 Å². The number of fused-ring (bicyclic) bond motifs is 1. The van der Waals surface area contributed by atoms with Gasteiger partial charge in [-0.25, -0.2) is 0 Å². The van der Waals surface area contributed by atoms with Gasteiger partial charge in [0.15, 0.2) is 0 Å². The van der Waals surface area contributed by atoms with Crippen LogP contribution in [-0.4, -0.2) is 18.0 Å². The minimum absolute atomic E-state index is 0.00444. The van der Waals surface area contributed by atoms with Crippen molar-refractivity contribution in [2.75, 3.05) is 12.4 Å². The van der Waals surface area contributed by atoms with Crippen LogP contribution in [0.2, 0.25) is 0 Å². The molecule has 0 bridgehead atoms. The second-order valence-corrected chi connectivity index (χ2v) is 4.90. The molecule has 1 aromatic carbocycles. The van der Waals surface area contributed by atoms with E-state index in [0.29, 0.717) is 23.8 Å². The third kappa shape index (κ3) is 3.22. The van der Waals surface area contributed by atoms with Gasteiger partial charge in [-0.3, -0.25) is 9.78 Å². The fourth-order valence-corrected chi connectivity index (χ4v) is 1.95. The summed E-state index contributed by atoms with van der Waals surface area (Å²) in [5.74, 6) is 1.03. The number of nitrogens with zero attached hydrogens (tertiary/aromatic N) is 1. The maximum absolute atomic E-state index is 11.9. The highest BCUT2D eigenvalue weighted by Gasteiger charge is 2.10. The van der Waals surface area contributed by atoms with E-state index in [1.807, 2.05) is 32.0 Å². The molecule has 0 aliphatic carbocycles. The second-order valence-electron chi connectivity index (χ2n) is 4.90. The molecule has 0 fully saturated rings. The Kier molecular flexibility index (Phi) is 4.00. The first-order valence-electron chi connectivity index (χ1n) is 6.32. The average molecular weight is 258 g/mol. The van der Waals surface area contributed by atoms with Gasteiger partial charge in [0.1, 0.15) is 5.75 Å². The fourth-order valence-electron chi connectivity index (χ4n) is 1.95. The smallest absolute Gasteiger partial charge is 0.224 e. The molecular formula is C15H18N2O2. The first kappa shape index (κ1) is 13.3. The van der Waals surface area contributed by atoms with Crippen LogP contribution in [0.3, 0.4) is 0 Å². The Morgan fingerprint density at radius 3 is 2.89 bits per heavy atom. The zero-order valence-electron chi connectivity index (χ0n) is 11.4. The van der Waals surface area contributed by atoms with Crippen LogP contribution in [-0.2, 0) is 4.79 Å². The van der Waals surface area contributed by atoms with E-state index < -0.39 is 0 Å². The molecule has 1 heterocycles. The Bertz CT molecular complexity index is 594. The van der Waals surface area contributed by atoms with Crippen LogP contribution < -0.4 is 10.1 Å². The highest BCUT2D eigenvalue weighted by Crippen LogP contribution is 2.27. The van der Waals surface area contributed by atoms with Gasteiger partial charge in [0.25, 0.3) is 0 Å². The number of hydrogen-bond acceptors (Lipinski definition) is 3. The molecule has 0 unspecified atom stereocenters. The first-order valence-corrected chi connectivity index (χ1v) is 6.32. The van der Waals surface area contributed by atoms with Crippen LogP contribution in [0.15, 0.2) is 30.5 Å². The number of amides is 1. The molecular weight excluding hydrogens is 240 g/mol. The number of ether oxygens (including phenoxy) is 1. The van der Waals surface area contributed by atoms with Gasteiger partial charge in [0.05, 0.1) is 18.3 Å². The minimum Gasteiger partial charge on any atom is -0.497 e. The topological polar surface area (TPSA) is 51.2 Å². The summed E-state index contributed by atoms with van der Waals surface area (Å²) in [6.07, 6.45) is 2.21. The molecule has 0 spiro atoms. The number of pyridine rings is 1. The zero-order chi connectivity index (χ0) is 13.8. The second kappa shape index (κ2) is 5.69. The molecule has 1 amide bonds. The van der Waals surface area contributed by atoms with Gasteiger partial charge >= 0.3 is 0 Å². The van der Waals surface area contributed by atoms with E-state index in [9.17, 15) is 4.79 Å². The standard InChI is InChI=1S/C15H18N2O2/c1-10(2)7-14(18)17-13-9-12(19-3)8-11-5-4-6-16-15(11)13/h4-6,8-10H,7H2,1-3H3,(H,17,18). The van der Waals surface area contributed by atoms with Gasteiger partial charge in [-0.2, -0.15) is 0 Å². The Labute approximate surface area is 112 Å². The van der Waals surface area contributed by atoms with Gasteiger partial charge in [-0.1, -0.05) is 19.9 Å². The highest BCUT2D eigenvalue weighted by atomic mass is 16.5. The Morgan fingerprint density at radius 1 is 1.42 bits per heavy atom. The molecule has 0 aliphatic rings. The summed E-state index contributed by atoms with van der Waals surface area (Å²) in [4.78, 5) is 16.2. The van der Waals surface area contributed by atoms with Crippen molar-refractivity contribution < 1.29 is 9.53 Å². The van der Waals surface area contributed by atoms with Crippen LogP contribution in [0.4, 0.5) is 5.69 Å². The third-order valence-corrected chi connectivity index (χ3v) is 2.78. The number of benzene rings is 1. The van der Waals surface area contributed by atoms with Crippen molar-refractivity contribution in [2.24, 2.45) is 5.92 Å². The quantitative estimate of drug-likeness (QED) is 0.916. The zero-order valence-corrected chi connectivity index (χ0v) is 11.4. The third-order valence-electron chi connectivity index (χ3n) is 2.78. The number of rotatable bonds is 4. The molecule has 0 saturated heterocycles. The van der Waals surface area contributed by atoms with Crippen molar-refractivity contribution in [1.29, 1.82) is 0 Å². The fraction of sp³-hybridized carbons (Fsp3) is 0.333.